The molecular weight excluding hydrogens is 282 g/mol. The van der Waals surface area contributed by atoms with Gasteiger partial charge in [-0.2, -0.15) is 0 Å². The molecule has 2 saturated heterocycles. The molecule has 7 heteroatoms. The van der Waals surface area contributed by atoms with E-state index in [1.165, 1.54) is 0 Å². The molecule has 1 atom stereocenters. The first-order valence-electron chi connectivity index (χ1n) is 8.10. The second kappa shape index (κ2) is 7.71. The highest BCUT2D eigenvalue weighted by Crippen LogP contribution is 2.24. The monoisotopic (exact) mass is 307 g/mol. The molecule has 1 aromatic heterocycles. The average molecular weight is 307 g/mol. The lowest BCUT2D eigenvalue weighted by Crippen LogP contribution is -2.39. The Morgan fingerprint density at radius 2 is 2.14 bits per heavy atom. The molecule has 2 aliphatic heterocycles. The maximum atomic E-state index is 9.44. The first kappa shape index (κ1) is 15.5. The summed E-state index contributed by atoms with van der Waals surface area (Å²) in [7, 11) is 0. The smallest absolute Gasteiger partial charge is 0.134 e. The summed E-state index contributed by atoms with van der Waals surface area (Å²) in [6, 6.07) is 2.17. The van der Waals surface area contributed by atoms with Crippen LogP contribution in [0.1, 0.15) is 12.8 Å². The second-order valence-electron chi connectivity index (χ2n) is 5.81. The molecule has 3 heterocycles. The van der Waals surface area contributed by atoms with Crippen molar-refractivity contribution in [2.45, 2.75) is 18.9 Å². The van der Waals surface area contributed by atoms with Gasteiger partial charge < -0.3 is 20.1 Å². The number of aromatic nitrogens is 2. The van der Waals surface area contributed by atoms with E-state index in [4.69, 9.17) is 4.74 Å². The molecule has 1 aromatic rings. The van der Waals surface area contributed by atoms with Crippen LogP contribution in [-0.4, -0.2) is 78.6 Å². The van der Waals surface area contributed by atoms with Crippen molar-refractivity contribution in [1.82, 2.24) is 14.9 Å². The normalized spacial score (nSPS) is 23.0. The van der Waals surface area contributed by atoms with Crippen molar-refractivity contribution < 1.29 is 9.84 Å². The van der Waals surface area contributed by atoms with E-state index in [9.17, 15) is 5.11 Å². The fourth-order valence-corrected chi connectivity index (χ4v) is 3.09. The van der Waals surface area contributed by atoms with Crippen LogP contribution in [0.2, 0.25) is 0 Å². The van der Waals surface area contributed by atoms with E-state index in [2.05, 4.69) is 25.1 Å². The van der Waals surface area contributed by atoms with Crippen LogP contribution in [0.15, 0.2) is 12.4 Å². The van der Waals surface area contributed by atoms with E-state index < -0.39 is 0 Å². The predicted molar refractivity (Wildman–Crippen MR) is 85.2 cm³/mol. The van der Waals surface area contributed by atoms with Gasteiger partial charge >= 0.3 is 0 Å². The largest absolute Gasteiger partial charge is 0.394 e. The van der Waals surface area contributed by atoms with Gasteiger partial charge in [-0.3, -0.25) is 4.90 Å². The van der Waals surface area contributed by atoms with Crippen LogP contribution in [-0.2, 0) is 4.74 Å². The lowest BCUT2D eigenvalue weighted by molar-refractivity contribution is 0.0398. The van der Waals surface area contributed by atoms with Crippen molar-refractivity contribution in [2.75, 3.05) is 62.8 Å². The summed E-state index contributed by atoms with van der Waals surface area (Å²) in [6.07, 6.45) is 3.73. The number of ether oxygens (including phenoxy) is 1. The summed E-state index contributed by atoms with van der Waals surface area (Å²) in [5.41, 5.74) is 0. The Bertz CT molecular complexity index is 467. The zero-order valence-electron chi connectivity index (χ0n) is 12.9. The molecule has 2 aliphatic rings. The highest BCUT2D eigenvalue weighted by atomic mass is 16.5. The van der Waals surface area contributed by atoms with Crippen molar-refractivity contribution >= 4 is 11.6 Å². The van der Waals surface area contributed by atoms with Crippen molar-refractivity contribution in [1.29, 1.82) is 0 Å². The lowest BCUT2D eigenvalue weighted by atomic mass is 10.2. The van der Waals surface area contributed by atoms with Gasteiger partial charge in [-0.1, -0.05) is 0 Å². The minimum atomic E-state index is 0.184. The minimum absolute atomic E-state index is 0.184. The summed E-state index contributed by atoms with van der Waals surface area (Å²) >= 11 is 0. The van der Waals surface area contributed by atoms with Crippen LogP contribution in [0.4, 0.5) is 11.6 Å². The molecule has 22 heavy (non-hydrogen) atoms. The predicted octanol–water partition coefficient (Wildman–Crippen LogP) is 0.182. The van der Waals surface area contributed by atoms with Gasteiger partial charge in [0.25, 0.3) is 0 Å². The summed E-state index contributed by atoms with van der Waals surface area (Å²) < 4.78 is 5.35. The Hall–Kier alpha value is -1.44. The van der Waals surface area contributed by atoms with Crippen LogP contribution in [0, 0.1) is 0 Å². The molecule has 0 amide bonds. The van der Waals surface area contributed by atoms with Gasteiger partial charge in [0.15, 0.2) is 0 Å². The quantitative estimate of drug-likeness (QED) is 0.777. The van der Waals surface area contributed by atoms with Crippen LogP contribution >= 0.6 is 0 Å². The zero-order valence-corrected chi connectivity index (χ0v) is 12.9. The second-order valence-corrected chi connectivity index (χ2v) is 5.81. The van der Waals surface area contributed by atoms with Crippen LogP contribution in [0.5, 0.6) is 0 Å². The molecule has 0 radical (unpaired) electrons. The highest BCUT2D eigenvalue weighted by Gasteiger charge is 2.25. The summed E-state index contributed by atoms with van der Waals surface area (Å²) in [5, 5.41) is 12.8. The van der Waals surface area contributed by atoms with Crippen LogP contribution in [0.3, 0.4) is 0 Å². The first-order chi connectivity index (χ1) is 10.9. The van der Waals surface area contributed by atoms with Crippen molar-refractivity contribution in [3.05, 3.63) is 12.4 Å². The first-order valence-corrected chi connectivity index (χ1v) is 8.10. The van der Waals surface area contributed by atoms with Gasteiger partial charge in [-0.05, 0) is 12.8 Å². The molecule has 2 fully saturated rings. The molecule has 2 N–H and O–H groups in total. The molecule has 1 unspecified atom stereocenters. The Kier molecular flexibility index (Phi) is 5.42. The fraction of sp³-hybridized carbons (Fsp3) is 0.733. The Morgan fingerprint density at radius 3 is 2.95 bits per heavy atom. The molecule has 0 aliphatic carbocycles. The maximum absolute atomic E-state index is 9.44. The molecule has 122 valence electrons. The lowest BCUT2D eigenvalue weighted by Gasteiger charge is -2.26. The molecule has 0 spiro atoms. The van der Waals surface area contributed by atoms with Crippen LogP contribution < -0.4 is 10.2 Å². The third kappa shape index (κ3) is 3.85. The van der Waals surface area contributed by atoms with E-state index in [1.807, 2.05) is 6.07 Å². The number of aliphatic hydroxyl groups is 1. The third-order valence-corrected chi connectivity index (χ3v) is 4.37. The molecule has 0 aromatic carbocycles. The number of aliphatic hydroxyl groups excluding tert-OH is 1. The topological polar surface area (TPSA) is 73.8 Å². The number of rotatable bonds is 6. The van der Waals surface area contributed by atoms with Gasteiger partial charge in [0, 0.05) is 38.8 Å². The number of hydrogen-bond acceptors (Lipinski definition) is 7. The van der Waals surface area contributed by atoms with E-state index >= 15 is 0 Å². The third-order valence-electron chi connectivity index (χ3n) is 4.37. The molecular formula is C15H25N5O2. The Morgan fingerprint density at radius 1 is 1.27 bits per heavy atom. The Labute approximate surface area is 131 Å². The number of nitrogens with one attached hydrogen (secondary N) is 1. The summed E-state index contributed by atoms with van der Waals surface area (Å²) in [6.45, 7) is 6.65. The molecule has 0 bridgehead atoms. The molecule has 3 rings (SSSR count). The van der Waals surface area contributed by atoms with Crippen molar-refractivity contribution in [2.24, 2.45) is 0 Å². The standard InChI is InChI=1S/C15H25N5O2/c21-11-13-2-1-4-20(13)15-10-14(17-12-18-15)16-3-5-19-6-8-22-9-7-19/h10,12-13,21H,1-9,11H2,(H,16,17,18). The average Bonchev–Trinajstić information content (AvgIpc) is 3.05. The van der Waals surface area contributed by atoms with E-state index in [1.54, 1.807) is 6.33 Å². The SMILES string of the molecule is OCC1CCCN1c1cc(NCCN2CCOCC2)ncn1. The summed E-state index contributed by atoms with van der Waals surface area (Å²) in [4.78, 5) is 13.2. The number of morpholine rings is 1. The van der Waals surface area contributed by atoms with E-state index in [0.717, 1.165) is 70.4 Å². The van der Waals surface area contributed by atoms with Gasteiger partial charge in [-0.25, -0.2) is 9.97 Å². The molecule has 7 nitrogen and oxygen atoms in total. The van der Waals surface area contributed by atoms with Gasteiger partial charge in [0.1, 0.15) is 18.0 Å². The minimum Gasteiger partial charge on any atom is -0.394 e. The van der Waals surface area contributed by atoms with Gasteiger partial charge in [-0.15, -0.1) is 0 Å². The van der Waals surface area contributed by atoms with Crippen LogP contribution in [0.25, 0.3) is 0 Å². The van der Waals surface area contributed by atoms with E-state index in [-0.39, 0.29) is 12.6 Å². The van der Waals surface area contributed by atoms with Crippen molar-refractivity contribution in [3.63, 3.8) is 0 Å². The molecule has 0 saturated carbocycles. The highest BCUT2D eigenvalue weighted by molar-refractivity contribution is 5.49. The maximum Gasteiger partial charge on any atom is 0.134 e. The number of hydrogen-bond donors (Lipinski definition) is 2. The van der Waals surface area contributed by atoms with Gasteiger partial charge in [0.05, 0.1) is 25.9 Å². The zero-order chi connectivity index (χ0) is 15.2. The fourth-order valence-electron chi connectivity index (χ4n) is 3.09. The number of anilines is 2. The van der Waals surface area contributed by atoms with Gasteiger partial charge in [0.2, 0.25) is 0 Å². The van der Waals surface area contributed by atoms with E-state index in [0.29, 0.717) is 0 Å². The Balaban J connectivity index is 1.52. The van der Waals surface area contributed by atoms with Crippen molar-refractivity contribution in [3.8, 4) is 0 Å². The number of nitrogens with zero attached hydrogens (tertiary/aromatic N) is 4. The summed E-state index contributed by atoms with van der Waals surface area (Å²) in [5.74, 6) is 1.75.